The van der Waals surface area contributed by atoms with Crippen LogP contribution in [0.5, 0.6) is 0 Å². The van der Waals surface area contributed by atoms with Crippen LogP contribution in [0.4, 0.5) is 5.95 Å². The van der Waals surface area contributed by atoms with Gasteiger partial charge in [0.25, 0.3) is 0 Å². The first kappa shape index (κ1) is 13.3. The molecular formula is C14H24N4. The molecule has 100 valence electrons. The Morgan fingerprint density at radius 3 is 2.78 bits per heavy atom. The molecule has 0 radical (unpaired) electrons. The van der Waals surface area contributed by atoms with Gasteiger partial charge in [-0.15, -0.1) is 0 Å². The van der Waals surface area contributed by atoms with Crippen LogP contribution in [0.1, 0.15) is 44.5 Å². The lowest BCUT2D eigenvalue weighted by molar-refractivity contribution is 0.625. The number of nitrogens with zero attached hydrogens (tertiary/aromatic N) is 3. The Labute approximate surface area is 110 Å². The maximum Gasteiger partial charge on any atom is 0.226 e. The van der Waals surface area contributed by atoms with Gasteiger partial charge in [-0.3, -0.25) is 0 Å². The zero-order valence-corrected chi connectivity index (χ0v) is 11.9. The summed E-state index contributed by atoms with van der Waals surface area (Å²) < 4.78 is 0. The van der Waals surface area contributed by atoms with Gasteiger partial charge in [-0.25, -0.2) is 9.97 Å². The smallest absolute Gasteiger partial charge is 0.226 e. The van der Waals surface area contributed by atoms with Crippen molar-refractivity contribution in [2.45, 2.75) is 46.1 Å². The molecule has 4 nitrogen and oxygen atoms in total. The van der Waals surface area contributed by atoms with E-state index in [9.17, 15) is 0 Å². The molecule has 1 atom stereocenters. The number of hydrogen-bond acceptors (Lipinski definition) is 4. The van der Waals surface area contributed by atoms with Crippen molar-refractivity contribution >= 4 is 5.95 Å². The minimum Gasteiger partial charge on any atom is -0.337 e. The van der Waals surface area contributed by atoms with Gasteiger partial charge in [-0.1, -0.05) is 13.8 Å². The summed E-state index contributed by atoms with van der Waals surface area (Å²) in [6.07, 6.45) is 1.18. The number of aryl methyl sites for hydroxylation is 1. The van der Waals surface area contributed by atoms with Crippen molar-refractivity contribution in [2.75, 3.05) is 24.5 Å². The van der Waals surface area contributed by atoms with E-state index in [0.717, 1.165) is 37.0 Å². The molecule has 0 spiro atoms. The van der Waals surface area contributed by atoms with Crippen LogP contribution < -0.4 is 10.2 Å². The second-order valence-corrected chi connectivity index (χ2v) is 5.32. The normalized spacial score (nSPS) is 19.5. The lowest BCUT2D eigenvalue weighted by atomic mass is 10.1. The first-order chi connectivity index (χ1) is 8.61. The Balaban J connectivity index is 2.29. The van der Waals surface area contributed by atoms with Gasteiger partial charge >= 0.3 is 0 Å². The van der Waals surface area contributed by atoms with E-state index in [-0.39, 0.29) is 0 Å². The molecule has 0 saturated carbocycles. The van der Waals surface area contributed by atoms with Gasteiger partial charge in [-0.05, 0) is 38.8 Å². The van der Waals surface area contributed by atoms with Crippen molar-refractivity contribution in [1.29, 1.82) is 0 Å². The fourth-order valence-corrected chi connectivity index (χ4v) is 2.47. The van der Waals surface area contributed by atoms with E-state index in [2.05, 4.69) is 49.0 Å². The van der Waals surface area contributed by atoms with Crippen LogP contribution in [0.3, 0.4) is 0 Å². The molecule has 1 unspecified atom stereocenters. The Morgan fingerprint density at radius 2 is 2.22 bits per heavy atom. The highest BCUT2D eigenvalue weighted by molar-refractivity contribution is 5.35. The Hall–Kier alpha value is -1.16. The van der Waals surface area contributed by atoms with Crippen LogP contribution in [0.2, 0.25) is 0 Å². The predicted molar refractivity (Wildman–Crippen MR) is 75.2 cm³/mol. The molecule has 1 N–H and O–H groups in total. The van der Waals surface area contributed by atoms with Crippen molar-refractivity contribution in [3.05, 3.63) is 17.5 Å². The molecule has 1 aliphatic heterocycles. The Bertz CT molecular complexity index is 397. The Morgan fingerprint density at radius 1 is 1.44 bits per heavy atom. The van der Waals surface area contributed by atoms with E-state index < -0.39 is 0 Å². The van der Waals surface area contributed by atoms with Gasteiger partial charge in [0.2, 0.25) is 5.95 Å². The average molecular weight is 248 g/mol. The summed E-state index contributed by atoms with van der Waals surface area (Å²) in [5.74, 6) is 1.35. The number of anilines is 1. The lowest BCUT2D eigenvalue weighted by Gasteiger charge is -2.28. The molecule has 0 amide bonds. The van der Waals surface area contributed by atoms with E-state index in [0.29, 0.717) is 12.0 Å². The molecule has 1 aromatic rings. The minimum atomic E-state index is 0.450. The van der Waals surface area contributed by atoms with Crippen LogP contribution in [0, 0.1) is 6.92 Å². The van der Waals surface area contributed by atoms with Gasteiger partial charge in [0.05, 0.1) is 0 Å². The van der Waals surface area contributed by atoms with Crippen molar-refractivity contribution in [3.63, 3.8) is 0 Å². The Kier molecular flexibility index (Phi) is 4.17. The monoisotopic (exact) mass is 248 g/mol. The predicted octanol–water partition coefficient (Wildman–Crippen LogP) is 2.10. The lowest BCUT2D eigenvalue weighted by Crippen LogP contribution is -2.38. The third-order valence-electron chi connectivity index (χ3n) is 3.53. The molecule has 1 aliphatic rings. The summed E-state index contributed by atoms with van der Waals surface area (Å²) in [5, 5.41) is 3.41. The zero-order valence-electron chi connectivity index (χ0n) is 11.9. The van der Waals surface area contributed by atoms with Gasteiger partial charge in [-0.2, -0.15) is 0 Å². The van der Waals surface area contributed by atoms with E-state index in [1.165, 1.54) is 6.42 Å². The highest BCUT2D eigenvalue weighted by atomic mass is 15.3. The highest BCUT2D eigenvalue weighted by Crippen LogP contribution is 2.20. The summed E-state index contributed by atoms with van der Waals surface area (Å²) in [4.78, 5) is 11.7. The first-order valence-corrected chi connectivity index (χ1v) is 6.94. The molecule has 1 fully saturated rings. The van der Waals surface area contributed by atoms with Gasteiger partial charge in [0, 0.05) is 30.5 Å². The molecule has 0 bridgehead atoms. The summed E-state index contributed by atoms with van der Waals surface area (Å²) in [7, 11) is 0. The zero-order chi connectivity index (χ0) is 13.1. The molecule has 4 heteroatoms. The molecule has 1 aromatic heterocycles. The van der Waals surface area contributed by atoms with Crippen LogP contribution in [-0.2, 0) is 0 Å². The maximum absolute atomic E-state index is 4.74. The number of nitrogens with one attached hydrogen (secondary N) is 1. The van der Waals surface area contributed by atoms with Crippen molar-refractivity contribution in [2.24, 2.45) is 0 Å². The van der Waals surface area contributed by atoms with Crippen molar-refractivity contribution in [1.82, 2.24) is 15.3 Å². The van der Waals surface area contributed by atoms with E-state index in [1.807, 2.05) is 0 Å². The van der Waals surface area contributed by atoms with E-state index in [4.69, 9.17) is 4.98 Å². The summed E-state index contributed by atoms with van der Waals surface area (Å²) >= 11 is 0. The molecule has 2 rings (SSSR count). The number of aromatic nitrogens is 2. The second-order valence-electron chi connectivity index (χ2n) is 5.32. The third kappa shape index (κ3) is 2.80. The molecular weight excluding hydrogens is 224 g/mol. The number of likely N-dealkylation sites (N-methyl/N-ethyl adjacent to an activating group) is 1. The van der Waals surface area contributed by atoms with Crippen molar-refractivity contribution in [3.8, 4) is 0 Å². The van der Waals surface area contributed by atoms with E-state index in [1.54, 1.807) is 0 Å². The summed E-state index contributed by atoms with van der Waals surface area (Å²) in [6, 6.07) is 2.63. The summed E-state index contributed by atoms with van der Waals surface area (Å²) in [5.41, 5.74) is 2.20. The quantitative estimate of drug-likeness (QED) is 0.886. The SMILES string of the molecule is CCN(c1nc(C)cc(C(C)C)n1)C1CCNC1. The first-order valence-electron chi connectivity index (χ1n) is 6.94. The van der Waals surface area contributed by atoms with Crippen molar-refractivity contribution < 1.29 is 0 Å². The molecule has 18 heavy (non-hydrogen) atoms. The fraction of sp³-hybridized carbons (Fsp3) is 0.714. The van der Waals surface area contributed by atoms with Crippen LogP contribution in [-0.4, -0.2) is 35.6 Å². The maximum atomic E-state index is 4.74. The molecule has 2 heterocycles. The number of rotatable bonds is 4. The standard InChI is InChI=1S/C14H24N4/c1-5-18(12-6-7-15-9-12)14-16-11(4)8-13(17-14)10(2)3/h8,10,12,15H,5-7,9H2,1-4H3. The summed E-state index contributed by atoms with van der Waals surface area (Å²) in [6.45, 7) is 11.7. The van der Waals surface area contributed by atoms with Crippen LogP contribution >= 0.6 is 0 Å². The molecule has 1 saturated heterocycles. The number of hydrogen-bond donors (Lipinski definition) is 1. The highest BCUT2D eigenvalue weighted by Gasteiger charge is 2.23. The molecule has 0 aromatic carbocycles. The minimum absolute atomic E-state index is 0.450. The van der Waals surface area contributed by atoms with Gasteiger partial charge in [0.15, 0.2) is 0 Å². The second kappa shape index (κ2) is 5.65. The fourth-order valence-electron chi connectivity index (χ4n) is 2.47. The average Bonchev–Trinajstić information content (AvgIpc) is 2.83. The topological polar surface area (TPSA) is 41.1 Å². The van der Waals surface area contributed by atoms with Gasteiger partial charge < -0.3 is 10.2 Å². The van der Waals surface area contributed by atoms with Crippen LogP contribution in [0.25, 0.3) is 0 Å². The largest absolute Gasteiger partial charge is 0.337 e. The van der Waals surface area contributed by atoms with E-state index >= 15 is 0 Å². The third-order valence-corrected chi connectivity index (χ3v) is 3.53. The van der Waals surface area contributed by atoms with Crippen LogP contribution in [0.15, 0.2) is 6.07 Å². The molecule has 0 aliphatic carbocycles. The van der Waals surface area contributed by atoms with Gasteiger partial charge in [0.1, 0.15) is 0 Å².